The van der Waals surface area contributed by atoms with Gasteiger partial charge in [-0.1, -0.05) is 24.2 Å². The van der Waals surface area contributed by atoms with Crippen molar-refractivity contribution in [3.8, 4) is 0 Å². The van der Waals surface area contributed by atoms with Gasteiger partial charge in [0.25, 0.3) is 0 Å². The summed E-state index contributed by atoms with van der Waals surface area (Å²) in [4.78, 5) is 18.7. The van der Waals surface area contributed by atoms with Crippen LogP contribution in [0.15, 0.2) is 30.5 Å². The zero-order valence-electron chi connectivity index (χ0n) is 19.1. The van der Waals surface area contributed by atoms with Crippen LogP contribution in [0, 0.1) is 24.7 Å². The summed E-state index contributed by atoms with van der Waals surface area (Å²) in [5, 5.41) is 4.34. The molecular formula is C25H37ClN4O. The van der Waals surface area contributed by atoms with Gasteiger partial charge in [-0.25, -0.2) is 0 Å². The van der Waals surface area contributed by atoms with Crippen molar-refractivity contribution < 1.29 is 4.79 Å². The number of benzene rings is 1. The average Bonchev–Trinajstić information content (AvgIpc) is 3.35. The molecule has 3 saturated heterocycles. The largest absolute Gasteiger partial charge is 0.345 e. The molecule has 0 spiro atoms. The molecule has 3 heterocycles. The monoisotopic (exact) mass is 444 g/mol. The SMILES string of the molecule is C=C(C1CCN(C(C)=O)CC1)N(CCCN1CC2CNCC2C1)c1ccc(C)c(Cl)c1. The van der Waals surface area contributed by atoms with E-state index in [2.05, 4.69) is 39.9 Å². The molecular weight excluding hydrogens is 408 g/mol. The highest BCUT2D eigenvalue weighted by atomic mass is 35.5. The molecule has 0 bridgehead atoms. The fraction of sp³-hybridized carbons (Fsp3) is 0.640. The first kappa shape index (κ1) is 22.6. The Labute approximate surface area is 192 Å². The van der Waals surface area contributed by atoms with E-state index in [1.807, 2.05) is 11.8 Å². The van der Waals surface area contributed by atoms with Crippen molar-refractivity contribution in [3.05, 3.63) is 41.1 Å². The van der Waals surface area contributed by atoms with E-state index < -0.39 is 0 Å². The van der Waals surface area contributed by atoms with Crippen LogP contribution in [0.1, 0.15) is 31.7 Å². The predicted molar refractivity (Wildman–Crippen MR) is 129 cm³/mol. The van der Waals surface area contributed by atoms with Crippen LogP contribution >= 0.6 is 11.6 Å². The summed E-state index contributed by atoms with van der Waals surface area (Å²) in [6, 6.07) is 6.35. The third-order valence-corrected chi connectivity index (χ3v) is 7.95. The molecule has 1 N–H and O–H groups in total. The van der Waals surface area contributed by atoms with Gasteiger partial charge in [0.15, 0.2) is 0 Å². The number of anilines is 1. The Hall–Kier alpha value is -1.56. The van der Waals surface area contributed by atoms with Crippen LogP contribution in [-0.4, -0.2) is 68.1 Å². The van der Waals surface area contributed by atoms with Crippen molar-refractivity contribution in [3.63, 3.8) is 0 Å². The topological polar surface area (TPSA) is 38.8 Å². The first-order valence-corrected chi connectivity index (χ1v) is 12.2. The van der Waals surface area contributed by atoms with E-state index in [0.29, 0.717) is 5.92 Å². The highest BCUT2D eigenvalue weighted by Crippen LogP contribution is 2.32. The van der Waals surface area contributed by atoms with E-state index in [1.54, 1.807) is 6.92 Å². The number of carbonyl (C=O) groups excluding carboxylic acids is 1. The van der Waals surface area contributed by atoms with Gasteiger partial charge < -0.3 is 20.0 Å². The minimum absolute atomic E-state index is 0.178. The van der Waals surface area contributed by atoms with Gasteiger partial charge >= 0.3 is 0 Å². The standard InChI is InChI=1S/C25H37ClN4O/c1-18-5-6-24(13-25(18)26)30(19(2)21-7-11-29(12-8-21)20(3)31)10-4-9-28-16-22-14-27-15-23(22)17-28/h5-6,13,21-23,27H,2,4,7-12,14-17H2,1,3H3. The molecule has 0 saturated carbocycles. The number of aryl methyl sites for hydroxylation is 1. The maximum atomic E-state index is 11.7. The minimum atomic E-state index is 0.178. The lowest BCUT2D eigenvalue weighted by Gasteiger charge is -2.37. The van der Waals surface area contributed by atoms with Crippen LogP contribution in [0.4, 0.5) is 5.69 Å². The molecule has 0 aromatic heterocycles. The molecule has 5 nitrogen and oxygen atoms in total. The molecule has 3 aliphatic heterocycles. The zero-order chi connectivity index (χ0) is 22.0. The summed E-state index contributed by atoms with van der Waals surface area (Å²) in [6.07, 6.45) is 3.08. The number of hydrogen-bond acceptors (Lipinski definition) is 4. The lowest BCUT2D eigenvalue weighted by atomic mass is 9.92. The number of piperidine rings is 1. The van der Waals surface area contributed by atoms with Gasteiger partial charge in [-0.15, -0.1) is 0 Å². The second-order valence-corrected chi connectivity index (χ2v) is 10.1. The number of rotatable bonds is 7. The third-order valence-electron chi connectivity index (χ3n) is 7.55. The van der Waals surface area contributed by atoms with Crippen LogP contribution in [0.25, 0.3) is 0 Å². The number of nitrogens with one attached hydrogen (secondary N) is 1. The molecule has 1 amide bonds. The number of fused-ring (bicyclic) bond motifs is 1. The highest BCUT2D eigenvalue weighted by molar-refractivity contribution is 6.31. The van der Waals surface area contributed by atoms with E-state index in [4.69, 9.17) is 11.6 Å². The van der Waals surface area contributed by atoms with Crippen molar-refractivity contribution in [2.45, 2.75) is 33.1 Å². The average molecular weight is 445 g/mol. The molecule has 1 aromatic rings. The van der Waals surface area contributed by atoms with E-state index >= 15 is 0 Å². The summed E-state index contributed by atoms with van der Waals surface area (Å²) in [7, 11) is 0. The number of amides is 1. The summed E-state index contributed by atoms with van der Waals surface area (Å²) in [6.45, 7) is 16.8. The molecule has 1 aromatic carbocycles. The molecule has 31 heavy (non-hydrogen) atoms. The molecule has 3 aliphatic rings. The van der Waals surface area contributed by atoms with E-state index in [1.165, 1.54) is 31.9 Å². The third kappa shape index (κ3) is 5.27. The molecule has 2 unspecified atom stereocenters. The predicted octanol–water partition coefficient (Wildman–Crippen LogP) is 3.77. The molecule has 4 rings (SSSR count). The number of carbonyl (C=O) groups is 1. The normalized spacial score (nSPS) is 24.4. The van der Waals surface area contributed by atoms with Crippen LogP contribution in [0.2, 0.25) is 5.02 Å². The van der Waals surface area contributed by atoms with Crippen LogP contribution < -0.4 is 10.2 Å². The van der Waals surface area contributed by atoms with Gasteiger partial charge in [-0.05, 0) is 75.4 Å². The van der Waals surface area contributed by atoms with Gasteiger partial charge in [0.05, 0.1) is 0 Å². The van der Waals surface area contributed by atoms with Crippen molar-refractivity contribution in [1.29, 1.82) is 0 Å². The fourth-order valence-electron chi connectivity index (χ4n) is 5.52. The van der Waals surface area contributed by atoms with Crippen molar-refractivity contribution in [1.82, 2.24) is 15.1 Å². The number of nitrogens with zero attached hydrogens (tertiary/aromatic N) is 3. The Bertz CT molecular complexity index is 793. The lowest BCUT2D eigenvalue weighted by Crippen LogP contribution is -2.40. The summed E-state index contributed by atoms with van der Waals surface area (Å²) >= 11 is 6.48. The maximum absolute atomic E-state index is 11.7. The Kier molecular flexibility index (Phi) is 7.25. The molecule has 2 atom stereocenters. The van der Waals surface area contributed by atoms with Gasteiger partial charge in [-0.2, -0.15) is 0 Å². The molecule has 0 radical (unpaired) electrons. The molecule has 6 heteroatoms. The second kappa shape index (κ2) is 9.93. The second-order valence-electron chi connectivity index (χ2n) is 9.65. The first-order chi connectivity index (χ1) is 14.9. The minimum Gasteiger partial charge on any atom is -0.345 e. The number of halogens is 1. The van der Waals surface area contributed by atoms with Crippen molar-refractivity contribution in [2.75, 3.05) is 57.3 Å². The van der Waals surface area contributed by atoms with Crippen LogP contribution in [-0.2, 0) is 4.79 Å². The van der Waals surface area contributed by atoms with Gasteiger partial charge in [-0.3, -0.25) is 4.79 Å². The maximum Gasteiger partial charge on any atom is 0.219 e. The molecule has 3 fully saturated rings. The molecule has 0 aliphatic carbocycles. The number of hydrogen-bond donors (Lipinski definition) is 1. The summed E-state index contributed by atoms with van der Waals surface area (Å²) < 4.78 is 0. The van der Waals surface area contributed by atoms with Gasteiger partial charge in [0, 0.05) is 62.0 Å². The quantitative estimate of drug-likeness (QED) is 0.694. The van der Waals surface area contributed by atoms with Crippen LogP contribution in [0.3, 0.4) is 0 Å². The summed E-state index contributed by atoms with van der Waals surface area (Å²) in [5.74, 6) is 2.27. The van der Waals surface area contributed by atoms with Crippen LogP contribution in [0.5, 0.6) is 0 Å². The smallest absolute Gasteiger partial charge is 0.219 e. The Balaban J connectivity index is 1.40. The van der Waals surface area contributed by atoms with E-state index in [9.17, 15) is 4.79 Å². The lowest BCUT2D eigenvalue weighted by molar-refractivity contribution is -0.130. The van der Waals surface area contributed by atoms with Crippen molar-refractivity contribution >= 4 is 23.2 Å². The number of allylic oxidation sites excluding steroid dienone is 1. The van der Waals surface area contributed by atoms with Gasteiger partial charge in [0.2, 0.25) is 5.91 Å². The Morgan fingerprint density at radius 2 is 1.90 bits per heavy atom. The highest BCUT2D eigenvalue weighted by Gasteiger charge is 2.35. The molecule has 170 valence electrons. The summed E-state index contributed by atoms with van der Waals surface area (Å²) in [5.41, 5.74) is 3.41. The van der Waals surface area contributed by atoms with Crippen molar-refractivity contribution in [2.24, 2.45) is 17.8 Å². The van der Waals surface area contributed by atoms with Gasteiger partial charge in [0.1, 0.15) is 0 Å². The Morgan fingerprint density at radius 1 is 1.23 bits per heavy atom. The number of likely N-dealkylation sites (tertiary alicyclic amines) is 2. The van der Waals surface area contributed by atoms with E-state index in [-0.39, 0.29) is 5.91 Å². The first-order valence-electron chi connectivity index (χ1n) is 11.8. The van der Waals surface area contributed by atoms with E-state index in [0.717, 1.165) is 73.6 Å². The Morgan fingerprint density at radius 3 is 2.52 bits per heavy atom. The fourth-order valence-corrected chi connectivity index (χ4v) is 5.70. The zero-order valence-corrected chi connectivity index (χ0v) is 19.8.